The number of carbonyl (C=O) groups excluding carboxylic acids is 3. The number of benzene rings is 1. The lowest BCUT2D eigenvalue weighted by atomic mass is 10.1. The second kappa shape index (κ2) is 10.7. The monoisotopic (exact) mass is 461 g/mol. The minimum atomic E-state index is -0.631. The standard InChI is InChI=1S/C25H27N5O4/c26-23(31)17-12-20(28-14-17)25(33)30-22(16-6-2-1-3-7-16)15-29-24(32)21-13-19(10-11-27-21)34-18-8-4-5-9-18/h1-3,6-7,10-14,18,22,28H,4-5,8-9,15H2,(H2,26,31)(H,29,32)(H,30,33). The Bertz CT molecular complexity index is 1150. The van der Waals surface area contributed by atoms with Crippen LogP contribution in [0.5, 0.6) is 5.75 Å². The number of primary amides is 1. The van der Waals surface area contributed by atoms with Crippen LogP contribution in [0, 0.1) is 0 Å². The van der Waals surface area contributed by atoms with Crippen molar-refractivity contribution in [3.8, 4) is 5.75 Å². The van der Waals surface area contributed by atoms with Crippen LogP contribution in [0.4, 0.5) is 0 Å². The van der Waals surface area contributed by atoms with Gasteiger partial charge in [0.2, 0.25) is 5.91 Å². The number of nitrogens with one attached hydrogen (secondary N) is 3. The zero-order valence-corrected chi connectivity index (χ0v) is 18.6. The number of aromatic amines is 1. The molecule has 5 N–H and O–H groups in total. The zero-order valence-electron chi connectivity index (χ0n) is 18.6. The molecular weight excluding hydrogens is 434 g/mol. The van der Waals surface area contributed by atoms with Gasteiger partial charge >= 0.3 is 0 Å². The normalized spacial score (nSPS) is 14.4. The Morgan fingerprint density at radius 2 is 1.85 bits per heavy atom. The lowest BCUT2D eigenvalue weighted by Gasteiger charge is -2.20. The number of rotatable bonds is 9. The van der Waals surface area contributed by atoms with Gasteiger partial charge in [0.1, 0.15) is 17.1 Å². The Balaban J connectivity index is 1.43. The lowest BCUT2D eigenvalue weighted by molar-refractivity contribution is 0.0903. The summed E-state index contributed by atoms with van der Waals surface area (Å²) < 4.78 is 5.97. The molecule has 1 atom stereocenters. The van der Waals surface area contributed by atoms with Gasteiger partial charge in [-0.1, -0.05) is 30.3 Å². The average molecular weight is 462 g/mol. The number of nitrogens with zero attached hydrogens (tertiary/aromatic N) is 1. The van der Waals surface area contributed by atoms with Gasteiger partial charge in [-0.05, 0) is 43.4 Å². The van der Waals surface area contributed by atoms with E-state index in [1.165, 1.54) is 12.3 Å². The van der Waals surface area contributed by atoms with Crippen molar-refractivity contribution in [2.45, 2.75) is 37.8 Å². The molecule has 1 unspecified atom stereocenters. The van der Waals surface area contributed by atoms with Crippen LogP contribution in [0.25, 0.3) is 0 Å². The summed E-state index contributed by atoms with van der Waals surface area (Å²) in [5, 5.41) is 5.73. The molecule has 1 aliphatic carbocycles. The maximum absolute atomic E-state index is 12.8. The van der Waals surface area contributed by atoms with Gasteiger partial charge in [0.15, 0.2) is 0 Å². The van der Waals surface area contributed by atoms with E-state index in [9.17, 15) is 14.4 Å². The molecule has 0 bridgehead atoms. The van der Waals surface area contributed by atoms with Crippen molar-refractivity contribution in [1.29, 1.82) is 0 Å². The molecular formula is C25H27N5O4. The van der Waals surface area contributed by atoms with Crippen LogP contribution in [0.15, 0.2) is 60.9 Å². The van der Waals surface area contributed by atoms with Crippen molar-refractivity contribution >= 4 is 17.7 Å². The van der Waals surface area contributed by atoms with Gasteiger partial charge < -0.3 is 26.1 Å². The first-order chi connectivity index (χ1) is 16.5. The van der Waals surface area contributed by atoms with Crippen molar-refractivity contribution in [2.24, 2.45) is 5.73 Å². The highest BCUT2D eigenvalue weighted by Crippen LogP contribution is 2.24. The van der Waals surface area contributed by atoms with E-state index < -0.39 is 17.9 Å². The first-order valence-electron chi connectivity index (χ1n) is 11.2. The topological polar surface area (TPSA) is 139 Å². The van der Waals surface area contributed by atoms with Crippen LogP contribution in [0.1, 0.15) is 68.6 Å². The second-order valence-corrected chi connectivity index (χ2v) is 8.21. The summed E-state index contributed by atoms with van der Waals surface area (Å²) in [5.74, 6) is -0.811. The predicted octanol–water partition coefficient (Wildman–Crippen LogP) is 2.73. The third-order valence-corrected chi connectivity index (χ3v) is 5.76. The van der Waals surface area contributed by atoms with E-state index in [4.69, 9.17) is 10.5 Å². The van der Waals surface area contributed by atoms with Crippen LogP contribution in [0.2, 0.25) is 0 Å². The summed E-state index contributed by atoms with van der Waals surface area (Å²) in [6.07, 6.45) is 7.46. The van der Waals surface area contributed by atoms with Crippen LogP contribution in [-0.4, -0.2) is 40.3 Å². The number of aromatic nitrogens is 2. The smallest absolute Gasteiger partial charge is 0.270 e. The minimum Gasteiger partial charge on any atom is -0.490 e. The molecule has 0 saturated heterocycles. The maximum atomic E-state index is 12.8. The highest BCUT2D eigenvalue weighted by atomic mass is 16.5. The Hall–Kier alpha value is -4.14. The van der Waals surface area contributed by atoms with E-state index in [0.717, 1.165) is 31.2 Å². The van der Waals surface area contributed by atoms with Crippen molar-refractivity contribution in [3.05, 3.63) is 83.4 Å². The van der Waals surface area contributed by atoms with Crippen molar-refractivity contribution < 1.29 is 19.1 Å². The van der Waals surface area contributed by atoms with Gasteiger partial charge in [0.05, 0.1) is 17.7 Å². The Kier molecular flexibility index (Phi) is 7.22. The molecule has 1 saturated carbocycles. The Labute approximate surface area is 197 Å². The molecule has 176 valence electrons. The summed E-state index contributed by atoms with van der Waals surface area (Å²) >= 11 is 0. The molecule has 3 amide bonds. The summed E-state index contributed by atoms with van der Waals surface area (Å²) in [6.45, 7) is 0.132. The number of hydrogen-bond acceptors (Lipinski definition) is 5. The van der Waals surface area contributed by atoms with Gasteiger partial charge in [-0.25, -0.2) is 0 Å². The van der Waals surface area contributed by atoms with E-state index in [-0.39, 0.29) is 35.5 Å². The Morgan fingerprint density at radius 3 is 2.56 bits per heavy atom. The molecule has 0 radical (unpaired) electrons. The molecule has 4 rings (SSSR count). The van der Waals surface area contributed by atoms with Gasteiger partial charge in [0.25, 0.3) is 11.8 Å². The molecule has 2 aromatic heterocycles. The SMILES string of the molecule is NC(=O)c1c[nH]c(C(=O)NC(CNC(=O)c2cc(OC3CCCC3)ccn2)c2ccccc2)c1. The van der Waals surface area contributed by atoms with Gasteiger partial charge in [-0.3, -0.25) is 19.4 Å². The lowest BCUT2D eigenvalue weighted by Crippen LogP contribution is -2.38. The molecule has 1 aromatic carbocycles. The largest absolute Gasteiger partial charge is 0.490 e. The minimum absolute atomic E-state index is 0.132. The summed E-state index contributed by atoms with van der Waals surface area (Å²) in [5.41, 5.74) is 6.71. The van der Waals surface area contributed by atoms with E-state index >= 15 is 0 Å². The molecule has 0 spiro atoms. The summed E-state index contributed by atoms with van der Waals surface area (Å²) in [4.78, 5) is 43.8. The van der Waals surface area contributed by atoms with E-state index in [1.807, 2.05) is 30.3 Å². The van der Waals surface area contributed by atoms with Gasteiger partial charge in [-0.15, -0.1) is 0 Å². The van der Waals surface area contributed by atoms with E-state index in [0.29, 0.717) is 5.75 Å². The quantitative estimate of drug-likeness (QED) is 0.388. The number of ether oxygens (including phenoxy) is 1. The third kappa shape index (κ3) is 5.80. The van der Waals surface area contributed by atoms with Crippen LogP contribution < -0.4 is 21.1 Å². The number of hydrogen-bond donors (Lipinski definition) is 4. The molecule has 0 aliphatic heterocycles. The highest BCUT2D eigenvalue weighted by molar-refractivity contribution is 5.98. The van der Waals surface area contributed by atoms with Crippen molar-refractivity contribution in [3.63, 3.8) is 0 Å². The molecule has 9 nitrogen and oxygen atoms in total. The molecule has 1 fully saturated rings. The fourth-order valence-electron chi connectivity index (χ4n) is 3.93. The van der Waals surface area contributed by atoms with Crippen LogP contribution in [-0.2, 0) is 0 Å². The molecule has 2 heterocycles. The van der Waals surface area contributed by atoms with E-state index in [2.05, 4.69) is 20.6 Å². The first kappa shape index (κ1) is 23.0. The number of carbonyl (C=O) groups is 3. The molecule has 9 heteroatoms. The zero-order chi connectivity index (χ0) is 23.9. The number of amides is 3. The van der Waals surface area contributed by atoms with Crippen molar-refractivity contribution in [2.75, 3.05) is 6.54 Å². The summed E-state index contributed by atoms with van der Waals surface area (Å²) in [7, 11) is 0. The van der Waals surface area contributed by atoms with Crippen LogP contribution in [0.3, 0.4) is 0 Å². The first-order valence-corrected chi connectivity index (χ1v) is 11.2. The van der Waals surface area contributed by atoms with Gasteiger partial charge in [-0.2, -0.15) is 0 Å². The molecule has 34 heavy (non-hydrogen) atoms. The number of H-pyrrole nitrogens is 1. The highest BCUT2D eigenvalue weighted by Gasteiger charge is 2.20. The third-order valence-electron chi connectivity index (χ3n) is 5.76. The number of pyridine rings is 1. The fraction of sp³-hybridized carbons (Fsp3) is 0.280. The number of nitrogens with two attached hydrogens (primary N) is 1. The second-order valence-electron chi connectivity index (χ2n) is 8.21. The summed E-state index contributed by atoms with van der Waals surface area (Å²) in [6, 6.07) is 13.5. The van der Waals surface area contributed by atoms with Crippen molar-refractivity contribution in [1.82, 2.24) is 20.6 Å². The molecule has 1 aliphatic rings. The molecule has 3 aromatic rings. The maximum Gasteiger partial charge on any atom is 0.270 e. The Morgan fingerprint density at radius 1 is 1.09 bits per heavy atom. The predicted molar refractivity (Wildman–Crippen MR) is 125 cm³/mol. The van der Waals surface area contributed by atoms with Crippen LogP contribution >= 0.6 is 0 Å². The van der Waals surface area contributed by atoms with Gasteiger partial charge in [0, 0.05) is 25.0 Å². The van der Waals surface area contributed by atoms with E-state index in [1.54, 1.807) is 18.3 Å². The average Bonchev–Trinajstić information content (AvgIpc) is 3.55. The fourth-order valence-corrected chi connectivity index (χ4v) is 3.93.